The molecule has 146 valence electrons. The van der Waals surface area contributed by atoms with Crippen LogP contribution in [0.2, 0.25) is 0 Å². The summed E-state index contributed by atoms with van der Waals surface area (Å²) in [5.74, 6) is 1.58. The van der Waals surface area contributed by atoms with Crippen LogP contribution < -0.4 is 19.7 Å². The predicted octanol–water partition coefficient (Wildman–Crippen LogP) is 3.77. The molecule has 1 saturated heterocycles. The van der Waals surface area contributed by atoms with E-state index < -0.39 is 11.6 Å². The van der Waals surface area contributed by atoms with Crippen molar-refractivity contribution in [3.63, 3.8) is 0 Å². The molecule has 3 amide bonds. The number of hydrogen-bond donors (Lipinski definition) is 1. The van der Waals surface area contributed by atoms with Crippen molar-refractivity contribution in [2.24, 2.45) is 0 Å². The summed E-state index contributed by atoms with van der Waals surface area (Å²) < 4.78 is 11.8. The van der Waals surface area contributed by atoms with Crippen molar-refractivity contribution in [1.29, 1.82) is 0 Å². The van der Waals surface area contributed by atoms with E-state index in [4.69, 9.17) is 9.47 Å². The molecule has 0 radical (unpaired) electrons. The molecule has 7 heteroatoms. The predicted molar refractivity (Wildman–Crippen MR) is 104 cm³/mol. The molecular weight excluding hydrogens is 358 g/mol. The number of nitrogens with one attached hydrogen (secondary N) is 1. The van der Waals surface area contributed by atoms with Crippen molar-refractivity contribution >= 4 is 17.6 Å². The van der Waals surface area contributed by atoms with Crippen molar-refractivity contribution in [3.8, 4) is 17.4 Å². The van der Waals surface area contributed by atoms with Crippen LogP contribution in [0.1, 0.15) is 39.7 Å². The van der Waals surface area contributed by atoms with Crippen LogP contribution in [0.5, 0.6) is 17.4 Å². The molecule has 1 aromatic heterocycles. The van der Waals surface area contributed by atoms with Crippen LogP contribution in [0.4, 0.5) is 10.5 Å². The standard InChI is InChI=1S/C21H23N3O4/c1-20(2)10-11-27-14-6-5-7-15(17(14)20)28-16-9-8-13(12-22-16)24-18(25)21(3,4)23-19(24)26/h5-9,12H,10-11H2,1-4H3,(H,23,26). The molecule has 0 unspecified atom stereocenters. The van der Waals surface area contributed by atoms with Gasteiger partial charge in [0.05, 0.1) is 18.5 Å². The Hall–Kier alpha value is -3.09. The number of nitrogens with zero attached hydrogens (tertiary/aromatic N) is 2. The van der Waals surface area contributed by atoms with Crippen molar-refractivity contribution in [1.82, 2.24) is 10.3 Å². The molecule has 0 aliphatic carbocycles. The van der Waals surface area contributed by atoms with E-state index in [0.717, 1.165) is 22.6 Å². The number of anilines is 1. The first kappa shape index (κ1) is 18.3. The lowest BCUT2D eigenvalue weighted by Gasteiger charge is -2.33. The molecule has 4 rings (SSSR count). The molecule has 0 spiro atoms. The zero-order chi connectivity index (χ0) is 20.1. The Balaban J connectivity index is 1.61. The quantitative estimate of drug-likeness (QED) is 0.819. The highest BCUT2D eigenvalue weighted by Crippen LogP contribution is 2.45. The van der Waals surface area contributed by atoms with Gasteiger partial charge in [-0.05, 0) is 38.5 Å². The minimum Gasteiger partial charge on any atom is -0.493 e. The summed E-state index contributed by atoms with van der Waals surface area (Å²) in [6.07, 6.45) is 2.36. The van der Waals surface area contributed by atoms with Gasteiger partial charge in [0, 0.05) is 17.0 Å². The minimum absolute atomic E-state index is 0.0737. The van der Waals surface area contributed by atoms with Gasteiger partial charge in [0.15, 0.2) is 0 Å². The van der Waals surface area contributed by atoms with Gasteiger partial charge < -0.3 is 14.8 Å². The molecule has 1 N–H and O–H groups in total. The second kappa shape index (κ2) is 6.22. The minimum atomic E-state index is -0.930. The summed E-state index contributed by atoms with van der Waals surface area (Å²) in [6.45, 7) is 8.34. The number of fused-ring (bicyclic) bond motifs is 1. The zero-order valence-corrected chi connectivity index (χ0v) is 16.4. The van der Waals surface area contributed by atoms with E-state index in [1.54, 1.807) is 26.0 Å². The maximum atomic E-state index is 12.4. The van der Waals surface area contributed by atoms with Crippen LogP contribution in [0.15, 0.2) is 36.5 Å². The SMILES string of the molecule is CC1(C)NC(=O)N(c2ccc(Oc3cccc4c3C(C)(C)CCO4)nc2)C1=O. The Bertz CT molecular complexity index is 951. The first-order chi connectivity index (χ1) is 13.2. The molecule has 28 heavy (non-hydrogen) atoms. The van der Waals surface area contributed by atoms with Crippen LogP contribution >= 0.6 is 0 Å². The van der Waals surface area contributed by atoms with Crippen LogP contribution in [-0.4, -0.2) is 29.1 Å². The smallest absolute Gasteiger partial charge is 0.329 e. The number of ether oxygens (including phenoxy) is 2. The summed E-state index contributed by atoms with van der Waals surface area (Å²) >= 11 is 0. The molecule has 2 aromatic rings. The average molecular weight is 381 g/mol. The second-order valence-corrected chi connectivity index (χ2v) is 8.26. The van der Waals surface area contributed by atoms with Gasteiger partial charge in [-0.25, -0.2) is 14.7 Å². The summed E-state index contributed by atoms with van der Waals surface area (Å²) in [4.78, 5) is 29.9. The normalized spacial score (nSPS) is 19.6. The van der Waals surface area contributed by atoms with Gasteiger partial charge in [0.1, 0.15) is 17.0 Å². The maximum absolute atomic E-state index is 12.4. The molecule has 1 fully saturated rings. The lowest BCUT2D eigenvalue weighted by atomic mass is 9.79. The van der Waals surface area contributed by atoms with E-state index in [1.165, 1.54) is 6.20 Å². The van der Waals surface area contributed by atoms with E-state index in [9.17, 15) is 9.59 Å². The topological polar surface area (TPSA) is 80.8 Å². The van der Waals surface area contributed by atoms with Gasteiger partial charge in [-0.3, -0.25) is 4.79 Å². The Morgan fingerprint density at radius 3 is 2.57 bits per heavy atom. The van der Waals surface area contributed by atoms with E-state index in [-0.39, 0.29) is 11.3 Å². The van der Waals surface area contributed by atoms with Crippen molar-refractivity contribution < 1.29 is 19.1 Å². The number of pyridine rings is 1. The Morgan fingerprint density at radius 1 is 1.14 bits per heavy atom. The highest BCUT2D eigenvalue weighted by molar-refractivity contribution is 6.22. The van der Waals surface area contributed by atoms with Crippen molar-refractivity contribution in [2.75, 3.05) is 11.5 Å². The zero-order valence-electron chi connectivity index (χ0n) is 16.4. The Labute approximate surface area is 163 Å². The summed E-state index contributed by atoms with van der Waals surface area (Å²) in [5, 5.41) is 2.65. The highest BCUT2D eigenvalue weighted by Gasteiger charge is 2.45. The third-order valence-corrected chi connectivity index (χ3v) is 5.20. The first-order valence-corrected chi connectivity index (χ1v) is 9.26. The van der Waals surface area contributed by atoms with E-state index in [0.29, 0.717) is 23.9 Å². The maximum Gasteiger partial charge on any atom is 0.329 e. The fraction of sp³-hybridized carbons (Fsp3) is 0.381. The molecule has 0 bridgehead atoms. The third kappa shape index (κ3) is 2.96. The van der Waals surface area contributed by atoms with Crippen LogP contribution in [0, 0.1) is 0 Å². The molecule has 0 saturated carbocycles. The summed E-state index contributed by atoms with van der Waals surface area (Å²) in [5.41, 5.74) is 0.415. The molecule has 2 aliphatic rings. The number of amides is 3. The van der Waals surface area contributed by atoms with E-state index >= 15 is 0 Å². The Kier molecular flexibility index (Phi) is 4.06. The third-order valence-electron chi connectivity index (χ3n) is 5.20. The highest BCUT2D eigenvalue weighted by atomic mass is 16.5. The first-order valence-electron chi connectivity index (χ1n) is 9.26. The fourth-order valence-corrected chi connectivity index (χ4v) is 3.59. The van der Waals surface area contributed by atoms with Crippen molar-refractivity contribution in [3.05, 3.63) is 42.1 Å². The molecule has 1 aromatic carbocycles. The fourth-order valence-electron chi connectivity index (χ4n) is 3.59. The summed E-state index contributed by atoms with van der Waals surface area (Å²) in [7, 11) is 0. The van der Waals surface area contributed by atoms with Gasteiger partial charge in [-0.15, -0.1) is 0 Å². The number of aromatic nitrogens is 1. The Morgan fingerprint density at radius 2 is 1.93 bits per heavy atom. The van der Waals surface area contributed by atoms with E-state index in [2.05, 4.69) is 24.1 Å². The van der Waals surface area contributed by atoms with Gasteiger partial charge in [-0.2, -0.15) is 0 Å². The van der Waals surface area contributed by atoms with Gasteiger partial charge >= 0.3 is 6.03 Å². The van der Waals surface area contributed by atoms with Gasteiger partial charge in [-0.1, -0.05) is 19.9 Å². The lowest BCUT2D eigenvalue weighted by Crippen LogP contribution is -2.40. The number of rotatable bonds is 3. The van der Waals surface area contributed by atoms with E-state index in [1.807, 2.05) is 18.2 Å². The average Bonchev–Trinajstić information content (AvgIpc) is 2.83. The summed E-state index contributed by atoms with van der Waals surface area (Å²) in [6, 6.07) is 8.57. The molecule has 3 heterocycles. The van der Waals surface area contributed by atoms with Gasteiger partial charge in [0.25, 0.3) is 5.91 Å². The molecule has 7 nitrogen and oxygen atoms in total. The number of urea groups is 1. The second-order valence-electron chi connectivity index (χ2n) is 8.26. The van der Waals surface area contributed by atoms with Crippen LogP contribution in [0.25, 0.3) is 0 Å². The number of imide groups is 1. The molecular formula is C21H23N3O4. The van der Waals surface area contributed by atoms with Crippen LogP contribution in [-0.2, 0) is 10.2 Å². The number of carbonyl (C=O) groups excluding carboxylic acids is 2. The molecule has 0 atom stereocenters. The number of benzene rings is 1. The van der Waals surface area contributed by atoms with Gasteiger partial charge in [0.2, 0.25) is 5.88 Å². The van der Waals surface area contributed by atoms with Crippen molar-refractivity contribution in [2.45, 2.75) is 45.1 Å². The number of carbonyl (C=O) groups is 2. The largest absolute Gasteiger partial charge is 0.493 e. The lowest BCUT2D eigenvalue weighted by molar-refractivity contribution is -0.121. The monoisotopic (exact) mass is 381 g/mol. The molecule has 2 aliphatic heterocycles. The number of hydrogen-bond acceptors (Lipinski definition) is 5. The van der Waals surface area contributed by atoms with Crippen LogP contribution in [0.3, 0.4) is 0 Å².